The summed E-state index contributed by atoms with van der Waals surface area (Å²) < 4.78 is 66.0. The molecular weight excluding hydrogens is 1200 g/mol. The highest BCUT2D eigenvalue weighted by molar-refractivity contribution is 5.82. The van der Waals surface area contributed by atoms with Gasteiger partial charge in [-0.15, -0.1) is 0 Å². The van der Waals surface area contributed by atoms with E-state index in [1.54, 1.807) is 6.92 Å². The van der Waals surface area contributed by atoms with Crippen molar-refractivity contribution in [2.75, 3.05) is 19.8 Å². The molecule has 0 aromatic rings. The third-order valence-corrected chi connectivity index (χ3v) is 23.7. The van der Waals surface area contributed by atoms with Crippen molar-refractivity contribution in [1.82, 2.24) is 0 Å². The van der Waals surface area contributed by atoms with E-state index >= 15 is 4.79 Å². The van der Waals surface area contributed by atoms with Crippen LogP contribution in [0.2, 0.25) is 0 Å². The van der Waals surface area contributed by atoms with Gasteiger partial charge in [0.25, 0.3) is 0 Å². The Kier molecular flexibility index (Phi) is 20.6. The average Bonchev–Trinajstić information content (AvgIpc) is 0.950. The summed E-state index contributed by atoms with van der Waals surface area (Å²) in [5.74, 6) is -2.81. The Morgan fingerprint density at radius 1 is 0.549 bits per heavy atom. The Morgan fingerprint density at radius 3 is 1.75 bits per heavy atom. The Bertz CT molecular complexity index is 2630. The maximum absolute atomic E-state index is 15.8. The molecule has 0 bridgehead atoms. The first-order chi connectivity index (χ1) is 42.6. The van der Waals surface area contributed by atoms with Gasteiger partial charge in [0, 0.05) is 11.5 Å². The molecule has 91 heavy (non-hydrogen) atoms. The van der Waals surface area contributed by atoms with Gasteiger partial charge >= 0.3 is 11.9 Å². The first kappa shape index (κ1) is 71.2. The van der Waals surface area contributed by atoms with Crippen LogP contribution in [-0.2, 0) is 61.7 Å². The van der Waals surface area contributed by atoms with Crippen LogP contribution in [0.25, 0.3) is 0 Å². The summed E-state index contributed by atoms with van der Waals surface area (Å²) in [4.78, 5) is 28.8. The van der Waals surface area contributed by atoms with E-state index in [2.05, 4.69) is 40.7 Å². The molecule has 0 aromatic carbocycles. The van der Waals surface area contributed by atoms with Crippen LogP contribution in [0.5, 0.6) is 0 Å². The third-order valence-electron chi connectivity index (χ3n) is 23.7. The smallest absolute Gasteiger partial charge is 0.330 e. The molecule has 0 spiro atoms. The number of hydrogen-bond acceptors (Lipinski definition) is 28. The number of hydrogen-bond donors (Lipinski definition) is 15. The number of fused-ring (bicyclic) bond motifs is 7. The Hall–Kier alpha value is -2.54. The van der Waals surface area contributed by atoms with Gasteiger partial charge in [0.15, 0.2) is 37.4 Å². The van der Waals surface area contributed by atoms with E-state index in [1.807, 2.05) is 6.92 Å². The molecule has 0 amide bonds. The molecule has 4 saturated carbocycles. The zero-order valence-electron chi connectivity index (χ0n) is 53.3. The minimum atomic E-state index is -2.03. The van der Waals surface area contributed by atoms with E-state index in [1.165, 1.54) is 26.8 Å². The van der Waals surface area contributed by atoms with Crippen LogP contribution in [-0.4, -0.2) is 274 Å². The zero-order valence-corrected chi connectivity index (χ0v) is 53.3. The number of carbonyl (C=O) groups excluding carboxylic acids is 2. The molecule has 0 radical (unpaired) electrons. The molecule has 520 valence electrons. The molecular formula is C63H100O28. The van der Waals surface area contributed by atoms with Crippen LogP contribution < -0.4 is 0 Å². The Labute approximate surface area is 528 Å². The summed E-state index contributed by atoms with van der Waals surface area (Å²) >= 11 is 0. The van der Waals surface area contributed by atoms with E-state index in [-0.39, 0.29) is 36.5 Å². The van der Waals surface area contributed by atoms with Gasteiger partial charge in [0.1, 0.15) is 90.9 Å². The average molecular weight is 1310 g/mol. The number of aliphatic hydroxyl groups excluding tert-OH is 15. The van der Waals surface area contributed by atoms with E-state index in [0.29, 0.717) is 32.1 Å². The second-order valence-electron chi connectivity index (χ2n) is 29.6. The second kappa shape index (κ2) is 26.4. The SMILES string of the molecule is C/C=C/C(=O)O[C@@H]1[C@H](O)[C@@H](O[C@H]2O[C@H](C)[C@@H](O[C@@H]3O[C@H](CO)[C@H](O[C@H]4O[C@H](C)[C@@H](O)[C@H](O)[C@@H]4O)[C@H]3O)[C@H](O)[C@@H]2O)[C@H](OC(=O)[C@]23CCC(C)(C)C[C@H]2C2=CC[C@@H]4[C@@]5(C)C[C@H](O)[C@H](O[C@@H]6O[C@H](CO)[C@@H](O)[C@H](O)[C@H]6O)[C@@](C)(CO)[C@@H]5CC[C@@]4(C)[C@]2(C)C[C@H]3O)O[C@@H]1C. The molecule has 10 rings (SSSR count). The number of aliphatic hydroxyl groups is 15. The standard InChI is InChI=1S/C63H100O28/c1-11-12-36(69)86-48-27(4)83-56(50(45(48)78)89-53-44(77)41(74)47(26(3)82-53)87-55-46(79)49(32(23-65)85-55)88-52-42(75)39(72)37(70)25(2)81-52)91-57(80)63-18-17-58(5,6)19-29(63)28-13-14-34-59(7)20-30(67)51(90-54-43(76)40(73)38(71)31(22-64)84-54)60(8,24-66)33(59)15-16-61(34,9)62(28,10)21-35(63)68/h11-13,25-27,29-35,37-56,64-68,70-79H,14-24H2,1-10H3/b12-11+/t25-,26-,27-,29+,30+,31-,32-,33-,34-,35-,37-,38-,39+,40+,41-,42+,43-,44+,45+,46-,47-,48+,49+,50-,51+,52-,53-,54+,55+,56+,59+,60+,61-,62-,63-/m1/s1. The lowest BCUT2D eigenvalue weighted by atomic mass is 9.33. The molecule has 35 atom stereocenters. The second-order valence-corrected chi connectivity index (χ2v) is 29.6. The predicted molar refractivity (Wildman–Crippen MR) is 308 cm³/mol. The van der Waals surface area contributed by atoms with Crippen molar-refractivity contribution < 1.29 is 138 Å². The number of ether oxygens (including phenoxy) is 11. The minimum Gasteiger partial charge on any atom is -0.454 e. The number of rotatable bonds is 15. The molecule has 0 aromatic heterocycles. The van der Waals surface area contributed by atoms with Gasteiger partial charge in [-0.05, 0) is 118 Å². The minimum absolute atomic E-state index is 0.0968. The van der Waals surface area contributed by atoms with Crippen LogP contribution in [0.1, 0.15) is 121 Å². The normalized spacial score (nSPS) is 53.9. The van der Waals surface area contributed by atoms with Crippen molar-refractivity contribution in [3.63, 3.8) is 0 Å². The summed E-state index contributed by atoms with van der Waals surface area (Å²) in [5, 5.41) is 168. The third kappa shape index (κ3) is 11.9. The van der Waals surface area contributed by atoms with Gasteiger partial charge in [0.05, 0.1) is 56.4 Å². The molecule has 5 aliphatic heterocycles. The largest absolute Gasteiger partial charge is 0.454 e. The summed E-state index contributed by atoms with van der Waals surface area (Å²) in [7, 11) is 0. The van der Waals surface area contributed by atoms with Crippen molar-refractivity contribution in [2.24, 2.45) is 50.2 Å². The fourth-order valence-corrected chi connectivity index (χ4v) is 18.4. The van der Waals surface area contributed by atoms with Gasteiger partial charge < -0.3 is 129 Å². The topological polar surface area (TPSA) is 439 Å². The number of carbonyl (C=O) groups is 2. The maximum atomic E-state index is 15.8. The molecule has 9 fully saturated rings. The first-order valence-corrected chi connectivity index (χ1v) is 32.3. The molecule has 28 heteroatoms. The Balaban J connectivity index is 0.896. The molecule has 0 unspecified atom stereocenters. The molecule has 28 nitrogen and oxygen atoms in total. The lowest BCUT2D eigenvalue weighted by Crippen LogP contribution is -2.70. The fourth-order valence-electron chi connectivity index (χ4n) is 18.4. The summed E-state index contributed by atoms with van der Waals surface area (Å²) in [5.41, 5.74) is -4.19. The van der Waals surface area contributed by atoms with Crippen molar-refractivity contribution in [2.45, 2.75) is 286 Å². The highest BCUT2D eigenvalue weighted by atomic mass is 16.8. The molecule has 5 aliphatic carbocycles. The quantitative estimate of drug-likeness (QED) is 0.0350. The van der Waals surface area contributed by atoms with E-state index in [4.69, 9.17) is 52.1 Å². The highest BCUT2D eigenvalue weighted by Gasteiger charge is 2.73. The lowest BCUT2D eigenvalue weighted by molar-refractivity contribution is -0.367. The van der Waals surface area contributed by atoms with E-state index < -0.39 is 230 Å². The zero-order chi connectivity index (χ0) is 66.7. The molecule has 15 N–H and O–H groups in total. The van der Waals surface area contributed by atoms with E-state index in [0.717, 1.165) is 11.6 Å². The van der Waals surface area contributed by atoms with Gasteiger partial charge in [-0.3, -0.25) is 4.79 Å². The number of esters is 2. The van der Waals surface area contributed by atoms with Crippen molar-refractivity contribution >= 4 is 11.9 Å². The maximum Gasteiger partial charge on any atom is 0.330 e. The van der Waals surface area contributed by atoms with Crippen molar-refractivity contribution in [3.8, 4) is 0 Å². The fraction of sp³-hybridized carbons (Fsp3) is 0.905. The molecule has 10 aliphatic rings. The monoisotopic (exact) mass is 1300 g/mol. The summed E-state index contributed by atoms with van der Waals surface area (Å²) in [6, 6.07) is 0. The Morgan fingerprint density at radius 2 is 1.11 bits per heavy atom. The summed E-state index contributed by atoms with van der Waals surface area (Å²) in [6.45, 7) is 16.5. The molecule has 5 saturated heterocycles. The van der Waals surface area contributed by atoms with Gasteiger partial charge in [-0.1, -0.05) is 59.3 Å². The van der Waals surface area contributed by atoms with Crippen molar-refractivity contribution in [3.05, 3.63) is 23.8 Å². The van der Waals surface area contributed by atoms with Gasteiger partial charge in [-0.2, -0.15) is 0 Å². The molecule has 5 heterocycles. The number of allylic oxidation sites excluding steroid dienone is 3. The van der Waals surface area contributed by atoms with E-state index in [9.17, 15) is 81.4 Å². The van der Waals surface area contributed by atoms with Crippen LogP contribution in [0, 0.1) is 50.2 Å². The first-order valence-electron chi connectivity index (χ1n) is 32.3. The van der Waals surface area contributed by atoms with Crippen LogP contribution in [0.4, 0.5) is 0 Å². The van der Waals surface area contributed by atoms with Crippen molar-refractivity contribution in [1.29, 1.82) is 0 Å². The lowest BCUT2D eigenvalue weighted by Gasteiger charge is -2.72. The van der Waals surface area contributed by atoms with Gasteiger partial charge in [0.2, 0.25) is 6.29 Å². The van der Waals surface area contributed by atoms with Crippen LogP contribution in [0.3, 0.4) is 0 Å². The van der Waals surface area contributed by atoms with Crippen LogP contribution >= 0.6 is 0 Å². The van der Waals surface area contributed by atoms with Crippen LogP contribution in [0.15, 0.2) is 23.8 Å². The predicted octanol–water partition coefficient (Wildman–Crippen LogP) is -2.45. The van der Waals surface area contributed by atoms with Gasteiger partial charge in [-0.25, -0.2) is 4.79 Å². The highest BCUT2D eigenvalue weighted by Crippen LogP contribution is 2.76. The summed E-state index contributed by atoms with van der Waals surface area (Å²) in [6.07, 6.45) is -34.4.